The van der Waals surface area contributed by atoms with Gasteiger partial charge in [0.1, 0.15) is 23.6 Å². The van der Waals surface area contributed by atoms with Gasteiger partial charge in [-0.05, 0) is 35.4 Å². The Kier molecular flexibility index (Phi) is 10.6. The molecule has 0 bridgehead atoms. The summed E-state index contributed by atoms with van der Waals surface area (Å²) in [6, 6.07) is 16.4. The molecule has 2 unspecified atom stereocenters. The first-order valence-electron chi connectivity index (χ1n) is 16.2. The molecular formula is C38H34F6N6O4. The van der Waals surface area contributed by atoms with Crippen LogP contribution < -0.4 is 29.0 Å². The van der Waals surface area contributed by atoms with Gasteiger partial charge in [0, 0.05) is 47.8 Å². The number of nitrogens with zero attached hydrogens (tertiary/aromatic N) is 4. The number of rotatable bonds is 13. The molecule has 0 amide bonds. The lowest BCUT2D eigenvalue weighted by Crippen LogP contribution is -2.49. The van der Waals surface area contributed by atoms with Crippen LogP contribution in [-0.2, 0) is 12.4 Å². The van der Waals surface area contributed by atoms with Crippen molar-refractivity contribution in [2.45, 2.75) is 24.4 Å². The van der Waals surface area contributed by atoms with E-state index in [2.05, 4.69) is 20.4 Å². The summed E-state index contributed by atoms with van der Waals surface area (Å²) < 4.78 is 113. The Morgan fingerprint density at radius 3 is 1.41 bits per heavy atom. The zero-order chi connectivity index (χ0) is 38.6. The summed E-state index contributed by atoms with van der Waals surface area (Å²) in [5, 5.41) is 16.5. The number of hydrazine groups is 1. The van der Waals surface area contributed by atoms with Crippen LogP contribution in [0.2, 0.25) is 0 Å². The molecule has 16 heteroatoms. The van der Waals surface area contributed by atoms with Crippen molar-refractivity contribution in [2.75, 3.05) is 38.5 Å². The number of halogens is 6. The summed E-state index contributed by atoms with van der Waals surface area (Å²) in [4.78, 5) is 0. The number of hydrogen-bond donors (Lipinski definition) is 2. The molecule has 10 nitrogen and oxygen atoms in total. The number of H-pyrrole nitrogens is 2. The van der Waals surface area contributed by atoms with Crippen LogP contribution in [0.1, 0.15) is 45.5 Å². The molecule has 0 fully saturated rings. The number of aromatic amines is 2. The Morgan fingerprint density at radius 2 is 1.00 bits per heavy atom. The van der Waals surface area contributed by atoms with Gasteiger partial charge < -0.3 is 18.9 Å². The summed E-state index contributed by atoms with van der Waals surface area (Å²) in [5.41, 5.74) is -1.63. The zero-order valence-corrected chi connectivity index (χ0v) is 29.2. The van der Waals surface area contributed by atoms with Crippen molar-refractivity contribution in [3.8, 4) is 23.0 Å². The van der Waals surface area contributed by atoms with Gasteiger partial charge in [0.25, 0.3) is 0 Å². The molecule has 0 radical (unpaired) electrons. The maximum atomic E-state index is 15.0. The number of hydrogen-bond acceptors (Lipinski definition) is 8. The van der Waals surface area contributed by atoms with Crippen LogP contribution in [0, 0.1) is 0 Å². The fourth-order valence-corrected chi connectivity index (χ4v) is 6.40. The Bertz CT molecular complexity index is 2140. The van der Waals surface area contributed by atoms with Crippen LogP contribution in [-0.4, -0.2) is 48.8 Å². The largest absolute Gasteiger partial charge is 0.497 e. The first-order valence-corrected chi connectivity index (χ1v) is 16.2. The van der Waals surface area contributed by atoms with E-state index >= 15 is 26.3 Å². The average molecular weight is 753 g/mol. The van der Waals surface area contributed by atoms with Gasteiger partial charge in [0.15, 0.2) is 11.5 Å². The van der Waals surface area contributed by atoms with Crippen molar-refractivity contribution in [2.24, 2.45) is 0 Å². The van der Waals surface area contributed by atoms with Gasteiger partial charge in [-0.15, -0.1) is 0 Å². The molecule has 2 aromatic heterocycles. The number of methoxy groups -OCH3 is 4. The summed E-state index contributed by atoms with van der Waals surface area (Å²) >= 11 is 0. The molecule has 2 heterocycles. The molecule has 0 saturated carbocycles. The number of anilines is 2. The third-order valence-electron chi connectivity index (χ3n) is 8.75. The van der Waals surface area contributed by atoms with E-state index in [0.29, 0.717) is 5.75 Å². The van der Waals surface area contributed by atoms with E-state index in [1.54, 1.807) is 30.3 Å². The minimum absolute atomic E-state index is 0.169. The second-order valence-corrected chi connectivity index (χ2v) is 11.8. The van der Waals surface area contributed by atoms with Crippen LogP contribution in [0.15, 0.2) is 110 Å². The molecule has 0 aliphatic heterocycles. The SMILES string of the molecule is COc1cc(OC)cc(N(C(c2cn[nH]c2)c2ccccc2C(F)(F)F)N(c2ccc(OC)c(OC)c2)C(c2cn[nH]c2)c2ccccc2C(F)(F)F)c1. The smallest absolute Gasteiger partial charge is 0.416 e. The van der Waals surface area contributed by atoms with Crippen LogP contribution in [0.4, 0.5) is 37.7 Å². The summed E-state index contributed by atoms with van der Waals surface area (Å²) in [5.74, 6) is 0.966. The topological polar surface area (TPSA) is 101 Å². The number of benzene rings is 4. The molecule has 0 spiro atoms. The second-order valence-electron chi connectivity index (χ2n) is 11.8. The van der Waals surface area contributed by atoms with Crippen LogP contribution in [0.3, 0.4) is 0 Å². The standard InChI is InChI=1S/C38H34F6N6O4/c1-51-27-15-26(16-28(18-27)52-2)50(36(24-21-47-48-22-24)30-10-6-8-12-32(30)38(42,43)44)49(25-13-14-33(53-3)34(17-25)54-4)35(23-19-45-46-20-23)29-9-5-7-11-31(29)37(39,40)41/h5-22,35-36H,1-4H3,(H,45,46)(H,47,48). The van der Waals surface area contributed by atoms with Crippen LogP contribution in [0.5, 0.6) is 23.0 Å². The second kappa shape index (κ2) is 15.3. The number of alkyl halides is 6. The van der Waals surface area contributed by atoms with Gasteiger partial charge in [-0.1, -0.05) is 36.4 Å². The van der Waals surface area contributed by atoms with E-state index in [9.17, 15) is 0 Å². The Balaban J connectivity index is 1.82. The molecule has 282 valence electrons. The maximum Gasteiger partial charge on any atom is 0.416 e. The normalized spacial score (nSPS) is 12.9. The van der Waals surface area contributed by atoms with E-state index < -0.39 is 35.6 Å². The fraction of sp³-hybridized carbons (Fsp3) is 0.211. The minimum atomic E-state index is -4.85. The van der Waals surface area contributed by atoms with Gasteiger partial charge in [0.05, 0.1) is 63.3 Å². The van der Waals surface area contributed by atoms with Gasteiger partial charge in [0.2, 0.25) is 0 Å². The van der Waals surface area contributed by atoms with Crippen molar-refractivity contribution < 1.29 is 45.3 Å². The predicted octanol–water partition coefficient (Wildman–Crippen LogP) is 9.01. The summed E-state index contributed by atoms with van der Waals surface area (Å²) in [6.45, 7) is 0. The third-order valence-corrected chi connectivity index (χ3v) is 8.75. The summed E-state index contributed by atoms with van der Waals surface area (Å²) in [7, 11) is 5.60. The Morgan fingerprint density at radius 1 is 0.537 bits per heavy atom. The first kappa shape index (κ1) is 37.4. The number of nitrogens with one attached hydrogen (secondary N) is 2. The molecule has 2 N–H and O–H groups in total. The molecule has 6 rings (SSSR count). The Labute approximate surface area is 305 Å². The highest BCUT2D eigenvalue weighted by atomic mass is 19.4. The fourth-order valence-electron chi connectivity index (χ4n) is 6.40. The molecular weight excluding hydrogens is 718 g/mol. The molecule has 54 heavy (non-hydrogen) atoms. The lowest BCUT2D eigenvalue weighted by molar-refractivity contribution is -0.139. The summed E-state index contributed by atoms with van der Waals surface area (Å²) in [6.07, 6.45) is -4.15. The maximum absolute atomic E-state index is 15.0. The lowest BCUT2D eigenvalue weighted by atomic mass is 9.92. The van der Waals surface area contributed by atoms with E-state index in [4.69, 9.17) is 18.9 Å². The van der Waals surface area contributed by atoms with Gasteiger partial charge >= 0.3 is 12.4 Å². The highest BCUT2D eigenvalue weighted by molar-refractivity contribution is 5.69. The molecule has 2 atom stereocenters. The highest BCUT2D eigenvalue weighted by Gasteiger charge is 2.44. The monoisotopic (exact) mass is 752 g/mol. The quantitative estimate of drug-likeness (QED) is 0.0891. The van der Waals surface area contributed by atoms with E-state index in [0.717, 1.165) is 12.1 Å². The zero-order valence-electron chi connectivity index (χ0n) is 29.2. The van der Waals surface area contributed by atoms with Gasteiger partial charge in [-0.2, -0.15) is 36.5 Å². The van der Waals surface area contributed by atoms with Crippen molar-refractivity contribution >= 4 is 11.4 Å². The third kappa shape index (κ3) is 7.44. The molecule has 0 saturated heterocycles. The van der Waals surface area contributed by atoms with Crippen molar-refractivity contribution in [1.82, 2.24) is 20.4 Å². The molecule has 4 aromatic carbocycles. The van der Waals surface area contributed by atoms with E-state index in [-0.39, 0.29) is 50.9 Å². The Hall–Kier alpha value is -6.32. The van der Waals surface area contributed by atoms with Gasteiger partial charge in [-0.25, -0.2) is 0 Å². The highest BCUT2D eigenvalue weighted by Crippen LogP contribution is 2.49. The van der Waals surface area contributed by atoms with Crippen molar-refractivity contribution in [3.05, 3.63) is 143 Å². The van der Waals surface area contributed by atoms with E-state index in [1.165, 1.54) is 106 Å². The average Bonchev–Trinajstić information content (AvgIpc) is 3.91. The van der Waals surface area contributed by atoms with E-state index in [1.807, 2.05) is 0 Å². The predicted molar refractivity (Wildman–Crippen MR) is 188 cm³/mol. The molecule has 0 aliphatic rings. The van der Waals surface area contributed by atoms with Gasteiger partial charge in [-0.3, -0.25) is 20.2 Å². The molecule has 0 aliphatic carbocycles. The molecule has 6 aromatic rings. The van der Waals surface area contributed by atoms with Crippen molar-refractivity contribution in [3.63, 3.8) is 0 Å². The number of aromatic nitrogens is 4. The minimum Gasteiger partial charge on any atom is -0.497 e. The number of ether oxygens (including phenoxy) is 4. The van der Waals surface area contributed by atoms with Crippen molar-refractivity contribution in [1.29, 1.82) is 0 Å². The first-order chi connectivity index (χ1) is 25.9. The van der Waals surface area contributed by atoms with Crippen LogP contribution >= 0.6 is 0 Å². The van der Waals surface area contributed by atoms with Crippen LogP contribution in [0.25, 0.3) is 0 Å². The lowest BCUT2D eigenvalue weighted by Gasteiger charge is -2.48.